The number of rotatable bonds is 1. The van der Waals surface area contributed by atoms with Crippen LogP contribution >= 0.6 is 0 Å². The topological polar surface area (TPSA) is 69.6 Å². The van der Waals surface area contributed by atoms with Crippen molar-refractivity contribution in [1.29, 1.82) is 0 Å². The van der Waals surface area contributed by atoms with Gasteiger partial charge in [-0.15, -0.1) is 0 Å². The molecule has 4 heteroatoms. The number of carbonyl (C=O) groups excluding carboxylic acids is 1. The van der Waals surface area contributed by atoms with E-state index in [2.05, 4.69) is 40.1 Å². The molecule has 9 atom stereocenters. The van der Waals surface area contributed by atoms with Gasteiger partial charge in [-0.2, -0.15) is 0 Å². The number of hydroxylamine groups is 1. The Bertz CT molecular complexity index is 766. The van der Waals surface area contributed by atoms with Crippen molar-refractivity contribution in [2.24, 2.45) is 50.7 Å². The van der Waals surface area contributed by atoms with Crippen LogP contribution in [0.4, 0.5) is 0 Å². The van der Waals surface area contributed by atoms with Gasteiger partial charge in [-0.3, -0.25) is 10.0 Å². The van der Waals surface area contributed by atoms with Gasteiger partial charge in [0.1, 0.15) is 0 Å². The first-order chi connectivity index (χ1) is 14.5. The van der Waals surface area contributed by atoms with Crippen LogP contribution < -0.4 is 5.48 Å². The molecule has 5 fully saturated rings. The van der Waals surface area contributed by atoms with Crippen LogP contribution in [0.1, 0.15) is 105 Å². The molecule has 5 saturated carbocycles. The summed E-state index contributed by atoms with van der Waals surface area (Å²) in [5.41, 5.74) is 2.59. The monoisotopic (exact) mass is 431 g/mol. The maximum Gasteiger partial charge on any atom is 0.249 e. The Morgan fingerprint density at radius 1 is 0.774 bits per heavy atom. The second-order valence-corrected chi connectivity index (χ2v) is 13.6. The Balaban J connectivity index is 1.52. The third-order valence-corrected chi connectivity index (χ3v) is 12.9. The standard InChI is InChI=1S/C27H45NO3/c1-23(2)19-10-14-26(5)20(24(19,3)13-11-21(23)29)9-8-17-18-7-6-12-27(18,22(30)28-31)16-15-25(17,26)4/h17-21,29,31H,6-16H2,1-5H3,(H,28,30)/t17?,18?,19?,20?,21?,24?,25-,26?,27?/m1/s1. The SMILES string of the molecule is CC1(C)C(O)CCC2(C)C1CCC1(C)C2CCC2C3CCCC3(C(=O)NO)CC[C@]21C. The molecule has 0 aromatic carbocycles. The maximum atomic E-state index is 12.9. The first kappa shape index (κ1) is 22.2. The van der Waals surface area contributed by atoms with E-state index < -0.39 is 0 Å². The summed E-state index contributed by atoms with van der Waals surface area (Å²) in [5.74, 6) is 2.20. The summed E-state index contributed by atoms with van der Waals surface area (Å²) in [6.45, 7) is 12.4. The largest absolute Gasteiger partial charge is 0.393 e. The molecular formula is C27H45NO3. The number of aliphatic hydroxyl groups excluding tert-OH is 1. The lowest BCUT2D eigenvalue weighted by atomic mass is 9.32. The van der Waals surface area contributed by atoms with E-state index in [4.69, 9.17) is 0 Å². The lowest BCUT2D eigenvalue weighted by Gasteiger charge is -2.72. The summed E-state index contributed by atoms with van der Waals surface area (Å²) < 4.78 is 0. The van der Waals surface area contributed by atoms with Gasteiger partial charge < -0.3 is 5.11 Å². The molecule has 0 aliphatic heterocycles. The summed E-state index contributed by atoms with van der Waals surface area (Å²) in [6.07, 6.45) is 12.2. The lowest BCUT2D eigenvalue weighted by Crippen LogP contribution is -2.67. The van der Waals surface area contributed by atoms with Crippen LogP contribution in [0.15, 0.2) is 0 Å². The van der Waals surface area contributed by atoms with Crippen molar-refractivity contribution in [3.63, 3.8) is 0 Å². The lowest BCUT2D eigenvalue weighted by molar-refractivity contribution is -0.245. The summed E-state index contributed by atoms with van der Waals surface area (Å²) >= 11 is 0. The molecule has 5 aliphatic rings. The van der Waals surface area contributed by atoms with Crippen LogP contribution in [0.25, 0.3) is 0 Å². The Morgan fingerprint density at radius 3 is 2.23 bits per heavy atom. The Kier molecular flexibility index (Phi) is 4.81. The van der Waals surface area contributed by atoms with E-state index in [9.17, 15) is 15.1 Å². The zero-order valence-corrected chi connectivity index (χ0v) is 20.5. The maximum absolute atomic E-state index is 12.9. The third-order valence-electron chi connectivity index (χ3n) is 12.9. The fourth-order valence-electron chi connectivity index (χ4n) is 11.1. The average Bonchev–Trinajstić information content (AvgIpc) is 3.16. The minimum absolute atomic E-state index is 0.00152. The van der Waals surface area contributed by atoms with Crippen molar-refractivity contribution in [3.8, 4) is 0 Å². The Hall–Kier alpha value is -0.610. The van der Waals surface area contributed by atoms with Crippen molar-refractivity contribution in [2.45, 2.75) is 111 Å². The van der Waals surface area contributed by atoms with Crippen molar-refractivity contribution in [2.75, 3.05) is 0 Å². The summed E-state index contributed by atoms with van der Waals surface area (Å²) in [5, 5.41) is 20.4. The number of nitrogens with one attached hydrogen (secondary N) is 1. The van der Waals surface area contributed by atoms with Crippen LogP contribution in [0.5, 0.6) is 0 Å². The van der Waals surface area contributed by atoms with Gasteiger partial charge in [-0.1, -0.05) is 41.0 Å². The molecule has 3 N–H and O–H groups in total. The van der Waals surface area contributed by atoms with Crippen molar-refractivity contribution in [3.05, 3.63) is 0 Å². The number of hydrogen-bond donors (Lipinski definition) is 3. The molecule has 5 rings (SSSR count). The highest BCUT2D eigenvalue weighted by molar-refractivity contribution is 5.82. The van der Waals surface area contributed by atoms with Crippen LogP contribution in [-0.4, -0.2) is 22.3 Å². The van der Waals surface area contributed by atoms with Gasteiger partial charge in [0.2, 0.25) is 5.91 Å². The number of hydrogen-bond acceptors (Lipinski definition) is 3. The highest BCUT2D eigenvalue weighted by atomic mass is 16.5. The molecule has 176 valence electrons. The molecule has 5 aliphatic carbocycles. The highest BCUT2D eigenvalue weighted by Gasteiger charge is 2.70. The normalized spacial score (nSPS) is 55.4. The van der Waals surface area contributed by atoms with Gasteiger partial charge in [0, 0.05) is 0 Å². The Morgan fingerprint density at radius 2 is 1.52 bits per heavy atom. The van der Waals surface area contributed by atoms with Crippen molar-refractivity contribution < 1.29 is 15.1 Å². The number of amides is 1. The van der Waals surface area contributed by atoms with Gasteiger partial charge in [0.15, 0.2) is 0 Å². The second kappa shape index (κ2) is 6.72. The fraction of sp³-hybridized carbons (Fsp3) is 0.963. The minimum Gasteiger partial charge on any atom is -0.393 e. The van der Waals surface area contributed by atoms with Crippen LogP contribution in [0, 0.1) is 50.7 Å². The van der Waals surface area contributed by atoms with Crippen LogP contribution in [-0.2, 0) is 4.79 Å². The molecular weight excluding hydrogens is 386 g/mol. The van der Waals surface area contributed by atoms with E-state index in [1.165, 1.54) is 25.7 Å². The molecule has 0 aromatic rings. The molecule has 0 saturated heterocycles. The number of aliphatic hydroxyl groups is 1. The van der Waals surface area contributed by atoms with Crippen LogP contribution in [0.2, 0.25) is 0 Å². The van der Waals surface area contributed by atoms with E-state index in [0.29, 0.717) is 34.5 Å². The third kappa shape index (κ3) is 2.53. The molecule has 0 bridgehead atoms. The molecule has 0 radical (unpaired) electrons. The molecule has 0 heterocycles. The minimum atomic E-state index is -0.333. The molecule has 0 spiro atoms. The predicted molar refractivity (Wildman–Crippen MR) is 121 cm³/mol. The van der Waals surface area contributed by atoms with Gasteiger partial charge in [0.25, 0.3) is 0 Å². The van der Waals surface area contributed by atoms with Gasteiger partial charge in [-0.25, -0.2) is 5.48 Å². The van der Waals surface area contributed by atoms with Gasteiger partial charge in [-0.05, 0) is 110 Å². The second-order valence-electron chi connectivity index (χ2n) is 13.6. The van der Waals surface area contributed by atoms with Gasteiger partial charge >= 0.3 is 0 Å². The van der Waals surface area contributed by atoms with E-state index >= 15 is 0 Å². The predicted octanol–water partition coefficient (Wildman–Crippen LogP) is 5.71. The fourth-order valence-corrected chi connectivity index (χ4v) is 11.1. The molecule has 31 heavy (non-hydrogen) atoms. The Labute approximate surface area is 188 Å². The van der Waals surface area contributed by atoms with E-state index in [1.807, 2.05) is 0 Å². The first-order valence-corrected chi connectivity index (χ1v) is 13.1. The quantitative estimate of drug-likeness (QED) is 0.368. The number of fused-ring (bicyclic) bond motifs is 7. The molecule has 8 unspecified atom stereocenters. The van der Waals surface area contributed by atoms with E-state index in [-0.39, 0.29) is 28.3 Å². The van der Waals surface area contributed by atoms with E-state index in [1.54, 1.807) is 0 Å². The van der Waals surface area contributed by atoms with E-state index in [0.717, 1.165) is 44.9 Å². The van der Waals surface area contributed by atoms with Gasteiger partial charge in [0.05, 0.1) is 11.5 Å². The smallest absolute Gasteiger partial charge is 0.249 e. The zero-order valence-electron chi connectivity index (χ0n) is 20.5. The zero-order chi connectivity index (χ0) is 22.4. The summed E-state index contributed by atoms with van der Waals surface area (Å²) in [4.78, 5) is 12.9. The van der Waals surface area contributed by atoms with Crippen LogP contribution in [0.3, 0.4) is 0 Å². The average molecular weight is 432 g/mol. The molecule has 0 aromatic heterocycles. The summed E-state index contributed by atoms with van der Waals surface area (Å²) in [7, 11) is 0. The van der Waals surface area contributed by atoms with Crippen molar-refractivity contribution >= 4 is 5.91 Å². The first-order valence-electron chi connectivity index (χ1n) is 13.1. The molecule has 1 amide bonds. The number of carbonyl (C=O) groups is 1. The highest BCUT2D eigenvalue weighted by Crippen LogP contribution is 2.76. The summed E-state index contributed by atoms with van der Waals surface area (Å²) in [6, 6.07) is 0. The van der Waals surface area contributed by atoms with Crippen molar-refractivity contribution in [1.82, 2.24) is 5.48 Å². The molecule has 4 nitrogen and oxygen atoms in total.